The Labute approximate surface area is 325 Å². The lowest BCUT2D eigenvalue weighted by Crippen LogP contribution is -2.01. The molecule has 5 heteroatoms. The van der Waals surface area contributed by atoms with E-state index in [0.29, 0.717) is 0 Å². The Balaban J connectivity index is 1.44. The van der Waals surface area contributed by atoms with Gasteiger partial charge in [-0.2, -0.15) is 0 Å². The van der Waals surface area contributed by atoms with Crippen molar-refractivity contribution < 1.29 is 45.8 Å². The number of benzene rings is 7. The molecular weight excluding hydrogens is 615 g/mol. The van der Waals surface area contributed by atoms with E-state index in [1.165, 1.54) is 0 Å². The number of furan rings is 2. The maximum Gasteiger partial charge on any atom is 0.164 e. The highest BCUT2D eigenvalue weighted by Gasteiger charge is 2.22. The fraction of sp³-hybridized carbons (Fsp3) is 0. The standard InChI is InChI=1S/C45H27N3O2/c1-3-12-28(13-4-1)29-22-24-31(25-23-29)43-46-44(35-18-11-21-39-40(35)33-16-7-9-19-37(33)49-39)48-45(47-43)36-27-26-32(30-14-5-2-6-15-30)42-41(36)34-17-8-10-20-38(34)50-42/h1-27H/i1D,2D,3D,4D,5D,6D,7D,8D,9D,10D,11D,12D,13D,14D,15D,16D,17D,18D,19D,20D,21D,22D,23D,24D,25D,26D,27D. The molecule has 0 radical (unpaired) electrons. The first-order valence-corrected chi connectivity index (χ1v) is 14.4. The van der Waals surface area contributed by atoms with Crippen LogP contribution >= 0.6 is 0 Å². The van der Waals surface area contributed by atoms with Gasteiger partial charge in [-0.3, -0.25) is 0 Å². The Kier molecular flexibility index (Phi) is 2.79. The molecule has 0 saturated carbocycles. The number of nitrogens with zero attached hydrogens (tertiary/aromatic N) is 3. The van der Waals surface area contributed by atoms with E-state index in [4.69, 9.17) is 39.0 Å². The van der Waals surface area contributed by atoms with Crippen molar-refractivity contribution >= 4 is 43.9 Å². The van der Waals surface area contributed by atoms with E-state index < -0.39 is 263 Å². The van der Waals surface area contributed by atoms with Crippen molar-refractivity contribution in [3.8, 4) is 56.4 Å². The molecule has 0 spiro atoms. The number of hydrogen-bond donors (Lipinski definition) is 0. The minimum atomic E-state index is -1.05. The minimum absolute atomic E-state index is 0.462. The van der Waals surface area contributed by atoms with Crippen LogP contribution in [-0.2, 0) is 0 Å². The first kappa shape index (κ1) is 12.2. The molecular formula is C45H27N3O2. The van der Waals surface area contributed by atoms with Gasteiger partial charge in [0.15, 0.2) is 17.5 Å². The van der Waals surface area contributed by atoms with E-state index in [2.05, 4.69) is 15.0 Å². The lowest BCUT2D eigenvalue weighted by atomic mass is 9.98. The van der Waals surface area contributed by atoms with Crippen LogP contribution in [0.25, 0.3) is 100 Å². The predicted molar refractivity (Wildman–Crippen MR) is 202 cm³/mol. The maximum atomic E-state index is 9.68. The highest BCUT2D eigenvalue weighted by molar-refractivity contribution is 6.16. The summed E-state index contributed by atoms with van der Waals surface area (Å²) in [6.07, 6.45) is 0. The monoisotopic (exact) mass is 668 g/mol. The largest absolute Gasteiger partial charge is 0.456 e. The van der Waals surface area contributed by atoms with Crippen LogP contribution in [0.15, 0.2) is 172 Å². The molecule has 0 unspecified atom stereocenters. The molecule has 0 atom stereocenters. The van der Waals surface area contributed by atoms with Crippen LogP contribution in [0.5, 0.6) is 0 Å². The third kappa shape index (κ3) is 4.60. The second-order valence-electron chi connectivity index (χ2n) is 10.3. The number of rotatable bonds is 5. The van der Waals surface area contributed by atoms with Crippen molar-refractivity contribution in [1.29, 1.82) is 0 Å². The summed E-state index contributed by atoms with van der Waals surface area (Å²) in [5.74, 6) is -2.65. The summed E-state index contributed by atoms with van der Waals surface area (Å²) in [4.78, 5) is 13.5. The number of para-hydroxylation sites is 2. The second-order valence-corrected chi connectivity index (χ2v) is 10.3. The zero-order valence-corrected chi connectivity index (χ0v) is 24.7. The van der Waals surface area contributed by atoms with E-state index in [1.54, 1.807) is 0 Å². The van der Waals surface area contributed by atoms with Gasteiger partial charge in [-0.1, -0.05) is 133 Å². The van der Waals surface area contributed by atoms with Gasteiger partial charge in [-0.05, 0) is 46.9 Å². The fourth-order valence-electron chi connectivity index (χ4n) is 5.36. The molecule has 0 saturated heterocycles. The summed E-state index contributed by atoms with van der Waals surface area (Å²) in [6.45, 7) is 0. The summed E-state index contributed by atoms with van der Waals surface area (Å²) in [5, 5.41) is -2.06. The number of fused-ring (bicyclic) bond motifs is 6. The van der Waals surface area contributed by atoms with Crippen LogP contribution in [0.4, 0.5) is 0 Å². The SMILES string of the molecule is [2H]c1c([2H])c([2H])c(-c2c([2H])c([2H])c(-c3nc(-c4c([2H])c([2H])c([2H])c5oc6c([2H])c([2H])c([2H])c([2H])c6c45)nc(-c4c([2H])c([2H])c(-c5c([2H])c([2H])c([2H])c([2H])c5[2H])c5oc6c([2H])c([2H])c([2H])c([2H])c6c45)n3)c([2H])c2[2H])c([2H])c1[2H]. The molecule has 0 aliphatic heterocycles. The van der Waals surface area contributed by atoms with Crippen LogP contribution in [-0.4, -0.2) is 15.0 Å². The Morgan fingerprint density at radius 2 is 0.840 bits per heavy atom. The van der Waals surface area contributed by atoms with E-state index >= 15 is 0 Å². The Hall–Kier alpha value is -6.85. The highest BCUT2D eigenvalue weighted by Crippen LogP contribution is 2.42. The van der Waals surface area contributed by atoms with Gasteiger partial charge in [0.05, 0.1) is 37.0 Å². The molecule has 0 N–H and O–H groups in total. The fourth-order valence-corrected chi connectivity index (χ4v) is 5.36. The van der Waals surface area contributed by atoms with Gasteiger partial charge in [0.25, 0.3) is 0 Å². The van der Waals surface area contributed by atoms with E-state index in [0.717, 1.165) is 0 Å². The summed E-state index contributed by atoms with van der Waals surface area (Å²) in [5.41, 5.74) is -7.64. The summed E-state index contributed by atoms with van der Waals surface area (Å²) in [7, 11) is 0. The summed E-state index contributed by atoms with van der Waals surface area (Å²) >= 11 is 0. The van der Waals surface area contributed by atoms with E-state index in [9.17, 15) is 6.85 Å². The smallest absolute Gasteiger partial charge is 0.164 e. The molecule has 234 valence electrons. The molecule has 3 heterocycles. The van der Waals surface area contributed by atoms with Crippen molar-refractivity contribution in [3.63, 3.8) is 0 Å². The zero-order valence-electron chi connectivity index (χ0n) is 51.7. The summed E-state index contributed by atoms with van der Waals surface area (Å²) < 4.78 is 249. The Morgan fingerprint density at radius 1 is 0.340 bits per heavy atom. The zero-order chi connectivity index (χ0) is 56.5. The van der Waals surface area contributed by atoms with Gasteiger partial charge in [0.1, 0.15) is 22.3 Å². The Bertz CT molecular complexity index is 4350. The summed E-state index contributed by atoms with van der Waals surface area (Å²) in [6, 6.07) is -24.1. The molecule has 0 fully saturated rings. The van der Waals surface area contributed by atoms with Gasteiger partial charge in [0.2, 0.25) is 0 Å². The molecule has 0 aliphatic carbocycles. The van der Waals surface area contributed by atoms with E-state index in [1.807, 2.05) is 0 Å². The average molecular weight is 669 g/mol. The molecule has 0 bridgehead atoms. The predicted octanol–water partition coefficient (Wildman–Crippen LogP) is 12.0. The average Bonchev–Trinajstić information content (AvgIpc) is 4.14. The van der Waals surface area contributed by atoms with E-state index in [-0.39, 0.29) is 0 Å². The van der Waals surface area contributed by atoms with Crippen LogP contribution in [0.1, 0.15) is 37.0 Å². The first-order valence-electron chi connectivity index (χ1n) is 27.9. The van der Waals surface area contributed by atoms with Crippen molar-refractivity contribution in [3.05, 3.63) is 163 Å². The van der Waals surface area contributed by atoms with Crippen LogP contribution in [0.2, 0.25) is 0 Å². The lowest BCUT2D eigenvalue weighted by molar-refractivity contribution is 0.669. The topological polar surface area (TPSA) is 65.0 Å². The van der Waals surface area contributed by atoms with Crippen molar-refractivity contribution in [2.24, 2.45) is 0 Å². The van der Waals surface area contributed by atoms with Gasteiger partial charge in [-0.25, -0.2) is 15.0 Å². The molecule has 0 amide bonds. The van der Waals surface area contributed by atoms with Crippen LogP contribution in [0.3, 0.4) is 0 Å². The molecule has 5 nitrogen and oxygen atoms in total. The van der Waals surface area contributed by atoms with Crippen LogP contribution in [0, 0.1) is 0 Å². The molecule has 10 rings (SSSR count). The molecule has 10 aromatic rings. The third-order valence-electron chi connectivity index (χ3n) is 7.50. The molecule has 0 aliphatic rings. The number of aromatic nitrogens is 3. The van der Waals surface area contributed by atoms with Gasteiger partial charge in [0, 0.05) is 43.8 Å². The molecule has 3 aromatic heterocycles. The maximum absolute atomic E-state index is 9.68. The van der Waals surface area contributed by atoms with Crippen molar-refractivity contribution in [2.45, 2.75) is 0 Å². The van der Waals surface area contributed by atoms with Gasteiger partial charge in [-0.15, -0.1) is 0 Å². The second kappa shape index (κ2) is 11.4. The number of hydrogen-bond acceptors (Lipinski definition) is 5. The third-order valence-corrected chi connectivity index (χ3v) is 7.50. The van der Waals surface area contributed by atoms with Gasteiger partial charge >= 0.3 is 0 Å². The first-order chi connectivity index (χ1) is 36.0. The minimum Gasteiger partial charge on any atom is -0.456 e. The van der Waals surface area contributed by atoms with Crippen molar-refractivity contribution in [1.82, 2.24) is 15.0 Å². The Morgan fingerprint density at radius 3 is 1.56 bits per heavy atom. The van der Waals surface area contributed by atoms with Crippen molar-refractivity contribution in [2.75, 3.05) is 0 Å². The van der Waals surface area contributed by atoms with Crippen LogP contribution < -0.4 is 0 Å². The normalized spacial score (nSPS) is 19.2. The molecule has 50 heavy (non-hydrogen) atoms. The highest BCUT2D eigenvalue weighted by atomic mass is 16.3. The molecule has 7 aromatic carbocycles. The quantitative estimate of drug-likeness (QED) is 0.183. The van der Waals surface area contributed by atoms with Gasteiger partial charge < -0.3 is 8.83 Å². The lowest BCUT2D eigenvalue weighted by Gasteiger charge is -2.11.